The number of hydrogen-bond acceptors (Lipinski definition) is 4. The molecule has 0 aliphatic carbocycles. The third-order valence-corrected chi connectivity index (χ3v) is 4.27. The first-order chi connectivity index (χ1) is 7.24. The molecule has 2 aliphatic heterocycles. The van der Waals surface area contributed by atoms with Crippen molar-refractivity contribution in [2.75, 3.05) is 0 Å². The predicted octanol–water partition coefficient (Wildman–Crippen LogP) is 2.38. The number of nitrogens with zero attached hydrogens (tertiary/aromatic N) is 1. The van der Waals surface area contributed by atoms with Crippen LogP contribution in [0.5, 0.6) is 0 Å². The summed E-state index contributed by atoms with van der Waals surface area (Å²) >= 11 is 1.46. The number of carbonyl (C=O) groups is 1. The number of carbonyl (C=O) groups excluding carboxylic acids is 1. The molecule has 0 saturated carbocycles. The number of Topliss-reactive ketones (excluding diaryl/α,β-unsaturated/α-hetero) is 1. The third kappa shape index (κ3) is 1.52. The summed E-state index contributed by atoms with van der Waals surface area (Å²) in [6.45, 7) is 1.57. The first kappa shape index (κ1) is 9.48. The summed E-state index contributed by atoms with van der Waals surface area (Å²) in [5.41, 5.74) is 1.07. The Balaban J connectivity index is 1.84. The number of thiazole rings is 1. The van der Waals surface area contributed by atoms with Gasteiger partial charge in [0.05, 0.1) is 17.9 Å². The van der Waals surface area contributed by atoms with Crippen LogP contribution in [0.1, 0.15) is 47.6 Å². The number of fused-ring (bicyclic) bond motifs is 2. The maximum atomic E-state index is 11.2. The molecule has 2 bridgehead atoms. The van der Waals surface area contributed by atoms with E-state index in [1.54, 1.807) is 6.92 Å². The van der Waals surface area contributed by atoms with E-state index in [4.69, 9.17) is 4.74 Å². The van der Waals surface area contributed by atoms with E-state index >= 15 is 0 Å². The summed E-state index contributed by atoms with van der Waals surface area (Å²) in [5, 5.41) is 2.65. The van der Waals surface area contributed by atoms with Crippen molar-refractivity contribution >= 4 is 17.1 Å². The van der Waals surface area contributed by atoms with Crippen LogP contribution in [-0.2, 0) is 4.74 Å². The Morgan fingerprint density at radius 2 is 2.47 bits per heavy atom. The van der Waals surface area contributed by atoms with Gasteiger partial charge in [0.25, 0.3) is 0 Å². The maximum absolute atomic E-state index is 11.2. The van der Waals surface area contributed by atoms with Gasteiger partial charge in [-0.05, 0) is 19.3 Å². The van der Waals surface area contributed by atoms with E-state index in [1.807, 2.05) is 5.38 Å². The monoisotopic (exact) mass is 223 g/mol. The summed E-state index contributed by atoms with van der Waals surface area (Å²) in [4.78, 5) is 15.5. The van der Waals surface area contributed by atoms with Gasteiger partial charge in [-0.15, -0.1) is 11.3 Å². The molecule has 3 nitrogen and oxygen atoms in total. The van der Waals surface area contributed by atoms with Crippen LogP contribution in [-0.4, -0.2) is 23.0 Å². The number of ether oxygens (including phenoxy) is 1. The summed E-state index contributed by atoms with van der Waals surface area (Å²) in [7, 11) is 0. The molecule has 4 heteroatoms. The Labute approximate surface area is 92.5 Å². The highest BCUT2D eigenvalue weighted by atomic mass is 32.1. The van der Waals surface area contributed by atoms with Gasteiger partial charge in [0.1, 0.15) is 0 Å². The van der Waals surface area contributed by atoms with Crippen molar-refractivity contribution in [1.29, 1.82) is 0 Å². The van der Waals surface area contributed by atoms with Crippen LogP contribution in [0.4, 0.5) is 0 Å². The standard InChI is InChI=1S/C11H13NO2S/c1-6(13)11-12-9(5-15-11)8-4-7-2-3-10(8)14-7/h5,7-8,10H,2-4H2,1H3. The first-order valence-electron chi connectivity index (χ1n) is 5.36. The van der Waals surface area contributed by atoms with Gasteiger partial charge in [-0.3, -0.25) is 4.79 Å². The van der Waals surface area contributed by atoms with Crippen LogP contribution in [0.25, 0.3) is 0 Å². The molecule has 1 aromatic heterocycles. The van der Waals surface area contributed by atoms with E-state index in [1.165, 1.54) is 17.8 Å². The minimum Gasteiger partial charge on any atom is -0.374 e. The molecule has 0 amide bonds. The van der Waals surface area contributed by atoms with Crippen LogP contribution in [0, 0.1) is 0 Å². The average molecular weight is 223 g/mol. The molecule has 0 aromatic carbocycles. The summed E-state index contributed by atoms with van der Waals surface area (Å²) in [5.74, 6) is 0.503. The topological polar surface area (TPSA) is 39.2 Å². The molecule has 2 fully saturated rings. The quantitative estimate of drug-likeness (QED) is 0.723. The zero-order valence-electron chi connectivity index (χ0n) is 8.60. The van der Waals surface area contributed by atoms with E-state index in [9.17, 15) is 4.79 Å². The zero-order chi connectivity index (χ0) is 10.4. The highest BCUT2D eigenvalue weighted by Gasteiger charge is 2.42. The van der Waals surface area contributed by atoms with Crippen LogP contribution < -0.4 is 0 Å². The molecule has 0 radical (unpaired) electrons. The molecule has 0 spiro atoms. The van der Waals surface area contributed by atoms with Gasteiger partial charge in [-0.25, -0.2) is 4.98 Å². The lowest BCUT2D eigenvalue weighted by Crippen LogP contribution is -2.14. The van der Waals surface area contributed by atoms with Gasteiger partial charge >= 0.3 is 0 Å². The molecule has 3 rings (SSSR count). The van der Waals surface area contributed by atoms with Gasteiger partial charge < -0.3 is 4.74 Å². The van der Waals surface area contributed by atoms with Crippen molar-refractivity contribution in [3.8, 4) is 0 Å². The van der Waals surface area contributed by atoms with Gasteiger partial charge in [-0.1, -0.05) is 0 Å². The zero-order valence-corrected chi connectivity index (χ0v) is 9.42. The smallest absolute Gasteiger partial charge is 0.188 e. The first-order valence-corrected chi connectivity index (χ1v) is 6.24. The lowest BCUT2D eigenvalue weighted by Gasteiger charge is -2.15. The maximum Gasteiger partial charge on any atom is 0.188 e. The van der Waals surface area contributed by atoms with E-state index in [-0.39, 0.29) is 5.78 Å². The summed E-state index contributed by atoms with van der Waals surface area (Å²) in [6.07, 6.45) is 4.25. The number of ketones is 1. The molecular weight excluding hydrogens is 210 g/mol. The SMILES string of the molecule is CC(=O)c1nc(C2CC3CCC2O3)cs1. The van der Waals surface area contributed by atoms with Crippen LogP contribution in [0.3, 0.4) is 0 Å². The van der Waals surface area contributed by atoms with Crippen molar-refractivity contribution in [1.82, 2.24) is 4.98 Å². The Bertz CT molecular complexity index is 401. The Hall–Kier alpha value is -0.740. The van der Waals surface area contributed by atoms with E-state index in [2.05, 4.69) is 4.98 Å². The fraction of sp³-hybridized carbons (Fsp3) is 0.636. The van der Waals surface area contributed by atoms with Crippen molar-refractivity contribution in [3.63, 3.8) is 0 Å². The Kier molecular flexibility index (Phi) is 2.14. The van der Waals surface area contributed by atoms with E-state index < -0.39 is 0 Å². The highest BCUT2D eigenvalue weighted by molar-refractivity contribution is 7.11. The molecule has 1 aromatic rings. The molecule has 3 atom stereocenters. The second kappa shape index (κ2) is 3.39. The Morgan fingerprint density at radius 1 is 1.60 bits per heavy atom. The summed E-state index contributed by atoms with van der Waals surface area (Å²) in [6, 6.07) is 0. The predicted molar refractivity (Wildman–Crippen MR) is 57.4 cm³/mol. The Morgan fingerprint density at radius 3 is 3.00 bits per heavy atom. The lowest BCUT2D eigenvalue weighted by atomic mass is 9.87. The van der Waals surface area contributed by atoms with E-state index in [0.29, 0.717) is 23.1 Å². The largest absolute Gasteiger partial charge is 0.374 e. The average Bonchev–Trinajstić information content (AvgIpc) is 2.93. The lowest BCUT2D eigenvalue weighted by molar-refractivity contribution is 0.0994. The minimum atomic E-state index is 0.0651. The van der Waals surface area contributed by atoms with Crippen molar-refractivity contribution < 1.29 is 9.53 Å². The van der Waals surface area contributed by atoms with Crippen molar-refractivity contribution in [3.05, 3.63) is 16.1 Å². The van der Waals surface area contributed by atoms with Gasteiger partial charge in [0.15, 0.2) is 10.8 Å². The number of rotatable bonds is 2. The molecular formula is C11H13NO2S. The fourth-order valence-corrected chi connectivity index (χ4v) is 3.35. The molecule has 2 aliphatic rings. The van der Waals surface area contributed by atoms with Crippen LogP contribution in [0.2, 0.25) is 0 Å². The molecule has 3 heterocycles. The van der Waals surface area contributed by atoms with Gasteiger partial charge in [0.2, 0.25) is 0 Å². The van der Waals surface area contributed by atoms with Crippen molar-refractivity contribution in [2.24, 2.45) is 0 Å². The van der Waals surface area contributed by atoms with Crippen LogP contribution in [0.15, 0.2) is 5.38 Å². The molecule has 80 valence electrons. The summed E-state index contributed by atoms with van der Waals surface area (Å²) < 4.78 is 5.79. The van der Waals surface area contributed by atoms with E-state index in [0.717, 1.165) is 18.5 Å². The minimum absolute atomic E-state index is 0.0651. The number of aromatic nitrogens is 1. The normalized spacial score (nSPS) is 33.5. The fourth-order valence-electron chi connectivity index (χ4n) is 2.57. The third-order valence-electron chi connectivity index (χ3n) is 3.31. The highest BCUT2D eigenvalue weighted by Crippen LogP contribution is 2.44. The molecule has 0 N–H and O–H groups in total. The second-order valence-corrected chi connectivity index (χ2v) is 5.21. The van der Waals surface area contributed by atoms with Gasteiger partial charge in [0, 0.05) is 18.2 Å². The molecule has 3 unspecified atom stereocenters. The van der Waals surface area contributed by atoms with Gasteiger partial charge in [-0.2, -0.15) is 0 Å². The molecule has 15 heavy (non-hydrogen) atoms. The van der Waals surface area contributed by atoms with Crippen LogP contribution >= 0.6 is 11.3 Å². The molecule has 2 saturated heterocycles. The second-order valence-electron chi connectivity index (χ2n) is 4.35. The number of hydrogen-bond donors (Lipinski definition) is 0. The van der Waals surface area contributed by atoms with Crippen molar-refractivity contribution in [2.45, 2.75) is 44.3 Å².